The number of nitrogens with zero attached hydrogens (tertiary/aromatic N) is 1. The van der Waals surface area contributed by atoms with Crippen LogP contribution in [0.5, 0.6) is 0 Å². The van der Waals surface area contributed by atoms with Crippen molar-refractivity contribution in [3.05, 3.63) is 35.1 Å². The number of carbonyl (C=O) groups is 1. The highest BCUT2D eigenvalue weighted by Gasteiger charge is 2.26. The van der Waals surface area contributed by atoms with Crippen LogP contribution in [0, 0.1) is 23.6 Å². The number of amides is 1. The van der Waals surface area contributed by atoms with Crippen LogP contribution in [-0.4, -0.2) is 29.1 Å². The summed E-state index contributed by atoms with van der Waals surface area (Å²) in [6.07, 6.45) is 0.913. The summed E-state index contributed by atoms with van der Waals surface area (Å²) in [7, 11) is 0. The summed E-state index contributed by atoms with van der Waals surface area (Å²) in [6.45, 7) is 3.27. The number of halogens is 1. The van der Waals surface area contributed by atoms with Gasteiger partial charge < -0.3 is 10.0 Å². The third-order valence-corrected chi connectivity index (χ3v) is 3.27. The Morgan fingerprint density at radius 2 is 2.30 bits per heavy atom. The van der Waals surface area contributed by atoms with Crippen LogP contribution in [0.25, 0.3) is 0 Å². The van der Waals surface area contributed by atoms with Gasteiger partial charge in [0.2, 0.25) is 5.91 Å². The molecule has 4 heteroatoms. The summed E-state index contributed by atoms with van der Waals surface area (Å²) < 4.78 is 13.6. The van der Waals surface area contributed by atoms with Gasteiger partial charge in [-0.25, -0.2) is 4.39 Å². The van der Waals surface area contributed by atoms with Crippen molar-refractivity contribution in [3.8, 4) is 11.8 Å². The predicted octanol–water partition coefficient (Wildman–Crippen LogP) is 1.93. The molecule has 0 bridgehead atoms. The normalized spacial score (nSPS) is 18.1. The van der Waals surface area contributed by atoms with E-state index in [2.05, 4.69) is 11.8 Å². The number of likely N-dealkylation sites (tertiary alicyclic amines) is 1. The van der Waals surface area contributed by atoms with Crippen molar-refractivity contribution in [2.75, 3.05) is 13.2 Å². The smallest absolute Gasteiger partial charge is 0.223 e. The highest BCUT2D eigenvalue weighted by Crippen LogP contribution is 2.20. The summed E-state index contributed by atoms with van der Waals surface area (Å²) in [6, 6.07) is 4.74. The molecule has 1 atom stereocenters. The molecule has 1 aromatic rings. The number of hydrogen-bond donors (Lipinski definition) is 1. The van der Waals surface area contributed by atoms with Crippen LogP contribution >= 0.6 is 0 Å². The Morgan fingerprint density at radius 1 is 1.50 bits per heavy atom. The van der Waals surface area contributed by atoms with Crippen molar-refractivity contribution in [2.24, 2.45) is 5.92 Å². The first kappa shape index (κ1) is 14.5. The zero-order valence-corrected chi connectivity index (χ0v) is 11.5. The average Bonchev–Trinajstić information content (AvgIpc) is 2.72. The standard InChI is InChI=1S/C16H18FNO2/c1-12-8-16(20)18(10-12)11-13-5-6-15(17)14(9-13)4-2-3-7-19/h5-6,9,12,19H,3,7-8,10-11H2,1H3. The van der Waals surface area contributed by atoms with Gasteiger partial charge in [-0.15, -0.1) is 0 Å². The van der Waals surface area contributed by atoms with Gasteiger partial charge in [0.05, 0.1) is 12.2 Å². The molecule has 1 unspecified atom stereocenters. The van der Waals surface area contributed by atoms with Crippen LogP contribution in [0.3, 0.4) is 0 Å². The first-order chi connectivity index (χ1) is 9.60. The summed E-state index contributed by atoms with van der Waals surface area (Å²) >= 11 is 0. The van der Waals surface area contributed by atoms with E-state index in [9.17, 15) is 9.18 Å². The monoisotopic (exact) mass is 275 g/mol. The van der Waals surface area contributed by atoms with E-state index in [4.69, 9.17) is 5.11 Å². The summed E-state index contributed by atoms with van der Waals surface area (Å²) in [4.78, 5) is 13.5. The zero-order valence-electron chi connectivity index (χ0n) is 11.5. The van der Waals surface area contributed by atoms with Crippen molar-refractivity contribution in [1.82, 2.24) is 4.90 Å². The summed E-state index contributed by atoms with van der Waals surface area (Å²) in [5.41, 5.74) is 1.19. The van der Waals surface area contributed by atoms with Crippen molar-refractivity contribution in [1.29, 1.82) is 0 Å². The van der Waals surface area contributed by atoms with Crippen molar-refractivity contribution in [2.45, 2.75) is 26.3 Å². The van der Waals surface area contributed by atoms with Crippen molar-refractivity contribution >= 4 is 5.91 Å². The highest BCUT2D eigenvalue weighted by atomic mass is 19.1. The molecule has 1 aliphatic rings. The first-order valence-corrected chi connectivity index (χ1v) is 6.76. The Bertz CT molecular complexity index is 559. The summed E-state index contributed by atoms with van der Waals surface area (Å²) in [5, 5.41) is 8.67. The number of benzene rings is 1. The Balaban J connectivity index is 2.12. The highest BCUT2D eigenvalue weighted by molar-refractivity contribution is 5.78. The van der Waals surface area contributed by atoms with Gasteiger partial charge in [-0.1, -0.05) is 24.8 Å². The molecule has 0 aliphatic carbocycles. The lowest BCUT2D eigenvalue weighted by atomic mass is 10.1. The molecule has 1 heterocycles. The van der Waals surface area contributed by atoms with Crippen LogP contribution in [0.4, 0.5) is 4.39 Å². The van der Waals surface area contributed by atoms with Gasteiger partial charge in [0.15, 0.2) is 0 Å². The quantitative estimate of drug-likeness (QED) is 0.856. The second kappa shape index (κ2) is 6.53. The van der Waals surface area contributed by atoms with Crippen LogP contribution in [-0.2, 0) is 11.3 Å². The molecule has 1 aliphatic heterocycles. The largest absolute Gasteiger partial charge is 0.395 e. The fourth-order valence-corrected chi connectivity index (χ4v) is 2.32. The molecule has 1 amide bonds. The van der Waals surface area contributed by atoms with E-state index in [0.29, 0.717) is 30.9 Å². The second-order valence-corrected chi connectivity index (χ2v) is 5.17. The summed E-state index contributed by atoms with van der Waals surface area (Å²) in [5.74, 6) is 5.57. The number of aliphatic hydroxyl groups excluding tert-OH is 1. The molecule has 1 aromatic carbocycles. The van der Waals surface area contributed by atoms with Crippen LogP contribution in [0.1, 0.15) is 30.9 Å². The minimum Gasteiger partial charge on any atom is -0.395 e. The molecule has 0 aromatic heterocycles. The van der Waals surface area contributed by atoms with E-state index in [1.54, 1.807) is 17.0 Å². The van der Waals surface area contributed by atoms with Gasteiger partial charge in [-0.05, 0) is 23.6 Å². The molecule has 1 N–H and O–H groups in total. The molecule has 3 nitrogen and oxygen atoms in total. The average molecular weight is 275 g/mol. The van der Waals surface area contributed by atoms with Gasteiger partial charge in [-0.3, -0.25) is 4.79 Å². The Kier molecular flexibility index (Phi) is 4.75. The molecule has 0 saturated carbocycles. The lowest BCUT2D eigenvalue weighted by Gasteiger charge is -2.16. The van der Waals surface area contributed by atoms with Gasteiger partial charge >= 0.3 is 0 Å². The fourth-order valence-electron chi connectivity index (χ4n) is 2.32. The molecule has 0 spiro atoms. The SMILES string of the molecule is CC1CC(=O)N(Cc2ccc(F)c(C#CCCO)c2)C1. The molecular weight excluding hydrogens is 257 g/mol. The molecule has 1 saturated heterocycles. The number of aliphatic hydroxyl groups is 1. The third-order valence-electron chi connectivity index (χ3n) is 3.27. The number of carbonyl (C=O) groups excluding carboxylic acids is 1. The van der Waals surface area contributed by atoms with Crippen LogP contribution < -0.4 is 0 Å². The number of hydrogen-bond acceptors (Lipinski definition) is 2. The maximum absolute atomic E-state index is 13.6. The minimum atomic E-state index is -0.375. The lowest BCUT2D eigenvalue weighted by Crippen LogP contribution is -2.24. The van der Waals surface area contributed by atoms with Crippen molar-refractivity contribution in [3.63, 3.8) is 0 Å². The number of rotatable bonds is 3. The fraction of sp³-hybridized carbons (Fsp3) is 0.438. The van der Waals surface area contributed by atoms with E-state index in [-0.39, 0.29) is 18.3 Å². The maximum atomic E-state index is 13.6. The van der Waals surface area contributed by atoms with E-state index < -0.39 is 0 Å². The lowest BCUT2D eigenvalue weighted by molar-refractivity contribution is -0.128. The minimum absolute atomic E-state index is 0.0333. The zero-order chi connectivity index (χ0) is 14.5. The Hall–Kier alpha value is -1.86. The molecule has 106 valence electrons. The molecule has 20 heavy (non-hydrogen) atoms. The molecule has 0 radical (unpaired) electrons. The van der Waals surface area contributed by atoms with E-state index in [0.717, 1.165) is 12.1 Å². The van der Waals surface area contributed by atoms with Gasteiger partial charge in [0.1, 0.15) is 5.82 Å². The van der Waals surface area contributed by atoms with Crippen molar-refractivity contribution < 1.29 is 14.3 Å². The van der Waals surface area contributed by atoms with Crippen LogP contribution in [0.15, 0.2) is 18.2 Å². The van der Waals surface area contributed by atoms with E-state index in [1.807, 2.05) is 6.92 Å². The van der Waals surface area contributed by atoms with Crippen LogP contribution in [0.2, 0.25) is 0 Å². The molecule has 2 rings (SSSR count). The Morgan fingerprint density at radius 3 is 2.95 bits per heavy atom. The van der Waals surface area contributed by atoms with Gasteiger partial charge in [0.25, 0.3) is 0 Å². The van der Waals surface area contributed by atoms with Gasteiger partial charge in [0, 0.05) is 25.9 Å². The second-order valence-electron chi connectivity index (χ2n) is 5.17. The van der Waals surface area contributed by atoms with E-state index in [1.165, 1.54) is 6.07 Å². The predicted molar refractivity (Wildman–Crippen MR) is 74.2 cm³/mol. The third kappa shape index (κ3) is 3.58. The molecule has 1 fully saturated rings. The van der Waals surface area contributed by atoms with E-state index >= 15 is 0 Å². The molecular formula is C16H18FNO2. The Labute approximate surface area is 118 Å². The maximum Gasteiger partial charge on any atom is 0.223 e. The topological polar surface area (TPSA) is 40.5 Å². The van der Waals surface area contributed by atoms with Gasteiger partial charge in [-0.2, -0.15) is 0 Å². The first-order valence-electron chi connectivity index (χ1n) is 6.76.